The molecule has 6 nitrogen and oxygen atoms in total. The van der Waals surface area contributed by atoms with Crippen molar-refractivity contribution in [2.24, 2.45) is 0 Å². The Kier molecular flexibility index (Phi) is 6.47. The SMILES string of the molecule is COc1cc2ncnc([C@@H](NC(C)(C)C)c3ccc(Oc4ccccc4)cc3)c2cc1OC. The summed E-state index contributed by atoms with van der Waals surface area (Å²) in [7, 11) is 3.25. The van der Waals surface area contributed by atoms with Crippen LogP contribution >= 0.6 is 0 Å². The van der Waals surface area contributed by atoms with E-state index in [1.54, 1.807) is 20.5 Å². The van der Waals surface area contributed by atoms with Crippen molar-refractivity contribution in [2.45, 2.75) is 32.4 Å². The van der Waals surface area contributed by atoms with Crippen molar-refractivity contribution in [1.29, 1.82) is 0 Å². The second-order valence-corrected chi connectivity index (χ2v) is 8.79. The molecule has 1 heterocycles. The van der Waals surface area contributed by atoms with Crippen molar-refractivity contribution < 1.29 is 14.2 Å². The summed E-state index contributed by atoms with van der Waals surface area (Å²) in [5, 5.41) is 4.62. The zero-order chi connectivity index (χ0) is 23.4. The van der Waals surface area contributed by atoms with Crippen molar-refractivity contribution in [3.8, 4) is 23.0 Å². The first kappa shape index (κ1) is 22.6. The average molecular weight is 444 g/mol. The molecule has 0 bridgehead atoms. The molecule has 0 saturated carbocycles. The smallest absolute Gasteiger partial charge is 0.162 e. The molecule has 3 aromatic carbocycles. The Balaban J connectivity index is 1.76. The lowest BCUT2D eigenvalue weighted by atomic mass is 9.96. The molecular weight excluding hydrogens is 414 g/mol. The molecule has 33 heavy (non-hydrogen) atoms. The van der Waals surface area contributed by atoms with Crippen molar-refractivity contribution in [3.63, 3.8) is 0 Å². The maximum absolute atomic E-state index is 5.97. The molecule has 0 aliphatic carbocycles. The van der Waals surface area contributed by atoms with Gasteiger partial charge >= 0.3 is 0 Å². The molecule has 4 aromatic rings. The van der Waals surface area contributed by atoms with Crippen molar-refractivity contribution in [1.82, 2.24) is 15.3 Å². The lowest BCUT2D eigenvalue weighted by Crippen LogP contribution is -2.39. The van der Waals surface area contributed by atoms with Crippen molar-refractivity contribution in [2.75, 3.05) is 14.2 Å². The molecule has 0 saturated heterocycles. The van der Waals surface area contributed by atoms with Crippen LogP contribution in [-0.2, 0) is 0 Å². The van der Waals surface area contributed by atoms with Crippen LogP contribution in [0.2, 0.25) is 0 Å². The molecular formula is C27H29N3O3. The molecule has 0 amide bonds. The molecule has 1 atom stereocenters. The van der Waals surface area contributed by atoms with Crippen molar-refractivity contribution in [3.05, 3.63) is 84.3 Å². The molecule has 4 rings (SSSR count). The maximum atomic E-state index is 5.97. The predicted molar refractivity (Wildman–Crippen MR) is 130 cm³/mol. The molecule has 0 spiro atoms. The number of aromatic nitrogens is 2. The Hall–Kier alpha value is -3.64. The number of fused-ring (bicyclic) bond motifs is 1. The molecule has 0 aliphatic rings. The van der Waals surface area contributed by atoms with Gasteiger partial charge in [0.05, 0.1) is 31.5 Å². The van der Waals surface area contributed by atoms with E-state index >= 15 is 0 Å². The zero-order valence-electron chi connectivity index (χ0n) is 19.6. The van der Waals surface area contributed by atoms with E-state index in [2.05, 4.69) is 48.2 Å². The van der Waals surface area contributed by atoms with Crippen LogP contribution in [-0.4, -0.2) is 29.7 Å². The highest BCUT2D eigenvalue weighted by atomic mass is 16.5. The van der Waals surface area contributed by atoms with Crippen LogP contribution in [0.3, 0.4) is 0 Å². The van der Waals surface area contributed by atoms with Gasteiger partial charge in [-0.15, -0.1) is 0 Å². The fraction of sp³-hybridized carbons (Fsp3) is 0.259. The van der Waals surface area contributed by atoms with E-state index in [0.29, 0.717) is 11.5 Å². The minimum absolute atomic E-state index is 0.155. The lowest BCUT2D eigenvalue weighted by molar-refractivity contribution is 0.355. The summed E-state index contributed by atoms with van der Waals surface area (Å²) in [6, 6.07) is 21.5. The minimum Gasteiger partial charge on any atom is -0.493 e. The summed E-state index contributed by atoms with van der Waals surface area (Å²) >= 11 is 0. The van der Waals surface area contributed by atoms with Crippen LogP contribution in [0.1, 0.15) is 38.1 Å². The lowest BCUT2D eigenvalue weighted by Gasteiger charge is -2.29. The molecule has 1 N–H and O–H groups in total. The number of hydrogen-bond donors (Lipinski definition) is 1. The summed E-state index contributed by atoms with van der Waals surface area (Å²) in [5.74, 6) is 2.86. The zero-order valence-corrected chi connectivity index (χ0v) is 19.6. The Morgan fingerprint density at radius 2 is 1.42 bits per heavy atom. The monoisotopic (exact) mass is 443 g/mol. The summed E-state index contributed by atoms with van der Waals surface area (Å²) in [5.41, 5.74) is 2.58. The van der Waals surface area contributed by atoms with Crippen LogP contribution in [0.5, 0.6) is 23.0 Å². The van der Waals surface area contributed by atoms with Gasteiger partial charge in [-0.2, -0.15) is 0 Å². The van der Waals surface area contributed by atoms with E-state index in [-0.39, 0.29) is 11.6 Å². The molecule has 1 aromatic heterocycles. The molecule has 0 radical (unpaired) electrons. The number of methoxy groups -OCH3 is 2. The van der Waals surface area contributed by atoms with Gasteiger partial charge in [-0.25, -0.2) is 9.97 Å². The Bertz CT molecular complexity index is 1220. The van der Waals surface area contributed by atoms with E-state index < -0.39 is 0 Å². The molecule has 0 aliphatic heterocycles. The Labute approximate surface area is 194 Å². The van der Waals surface area contributed by atoms with Gasteiger partial charge < -0.3 is 19.5 Å². The number of hydrogen-bond acceptors (Lipinski definition) is 6. The fourth-order valence-corrected chi connectivity index (χ4v) is 3.73. The number of ether oxygens (including phenoxy) is 3. The summed E-state index contributed by atoms with van der Waals surface area (Å²) < 4.78 is 17.0. The first-order chi connectivity index (χ1) is 15.9. The standard InChI is InChI=1S/C27H29N3O3/c1-27(2,3)30-25(18-11-13-20(14-12-18)33-19-9-7-6-8-10-19)26-21-15-23(31-4)24(32-5)16-22(21)28-17-29-26/h6-17,25,30H,1-5H3/t25-/m0/s1. The number of para-hydroxylation sites is 1. The van der Waals surface area contributed by atoms with E-state index in [4.69, 9.17) is 14.2 Å². The highest BCUT2D eigenvalue weighted by molar-refractivity contribution is 5.85. The van der Waals surface area contributed by atoms with Crippen LogP contribution < -0.4 is 19.5 Å². The predicted octanol–water partition coefficient (Wildman–Crippen LogP) is 5.92. The van der Waals surface area contributed by atoms with E-state index in [1.807, 2.05) is 54.6 Å². The third kappa shape index (κ3) is 5.23. The minimum atomic E-state index is -0.167. The van der Waals surface area contributed by atoms with E-state index in [9.17, 15) is 0 Å². The first-order valence-corrected chi connectivity index (χ1v) is 10.8. The number of benzene rings is 3. The summed E-state index contributed by atoms with van der Waals surface area (Å²) in [4.78, 5) is 9.15. The van der Waals surface area contributed by atoms with Gasteiger partial charge in [0.2, 0.25) is 0 Å². The van der Waals surface area contributed by atoms with Gasteiger partial charge in [-0.05, 0) is 56.7 Å². The van der Waals surface area contributed by atoms with Crippen molar-refractivity contribution >= 4 is 10.9 Å². The maximum Gasteiger partial charge on any atom is 0.162 e. The second-order valence-electron chi connectivity index (χ2n) is 8.79. The average Bonchev–Trinajstić information content (AvgIpc) is 2.82. The summed E-state index contributed by atoms with van der Waals surface area (Å²) in [6.07, 6.45) is 1.59. The largest absolute Gasteiger partial charge is 0.493 e. The van der Waals surface area contributed by atoms with Gasteiger partial charge in [0.1, 0.15) is 17.8 Å². The third-order valence-corrected chi connectivity index (χ3v) is 5.21. The van der Waals surface area contributed by atoms with Gasteiger partial charge in [0.25, 0.3) is 0 Å². The Morgan fingerprint density at radius 1 is 0.788 bits per heavy atom. The van der Waals surface area contributed by atoms with Crippen LogP contribution in [0.25, 0.3) is 10.9 Å². The second kappa shape index (κ2) is 9.46. The molecule has 6 heteroatoms. The highest BCUT2D eigenvalue weighted by Gasteiger charge is 2.25. The van der Waals surface area contributed by atoms with Gasteiger partial charge in [0, 0.05) is 17.0 Å². The number of nitrogens with one attached hydrogen (secondary N) is 1. The Morgan fingerprint density at radius 3 is 2.06 bits per heavy atom. The van der Waals surface area contributed by atoms with Gasteiger partial charge in [-0.3, -0.25) is 0 Å². The first-order valence-electron chi connectivity index (χ1n) is 10.8. The van der Waals surface area contributed by atoms with Crippen LogP contribution in [0.4, 0.5) is 0 Å². The fourth-order valence-electron chi connectivity index (χ4n) is 3.73. The van der Waals surface area contributed by atoms with Crippen LogP contribution in [0, 0.1) is 0 Å². The number of nitrogens with zero attached hydrogens (tertiary/aromatic N) is 2. The van der Waals surface area contributed by atoms with Crippen LogP contribution in [0.15, 0.2) is 73.1 Å². The van der Waals surface area contributed by atoms with Gasteiger partial charge in [-0.1, -0.05) is 30.3 Å². The summed E-state index contributed by atoms with van der Waals surface area (Å²) in [6.45, 7) is 6.42. The quantitative estimate of drug-likeness (QED) is 0.383. The van der Waals surface area contributed by atoms with Gasteiger partial charge in [0.15, 0.2) is 11.5 Å². The number of rotatable bonds is 7. The van der Waals surface area contributed by atoms with E-state index in [0.717, 1.165) is 33.7 Å². The topological polar surface area (TPSA) is 65.5 Å². The molecule has 170 valence electrons. The third-order valence-electron chi connectivity index (χ3n) is 5.21. The van der Waals surface area contributed by atoms with E-state index in [1.165, 1.54) is 0 Å². The molecule has 0 unspecified atom stereocenters. The highest BCUT2D eigenvalue weighted by Crippen LogP contribution is 2.36. The molecule has 0 fully saturated rings. The normalized spacial score (nSPS) is 12.4.